The van der Waals surface area contributed by atoms with Crippen LogP contribution in [0.15, 0.2) is 77.8 Å². The van der Waals surface area contributed by atoms with Gasteiger partial charge in [0.25, 0.3) is 0 Å². The molecule has 0 heterocycles. The van der Waals surface area contributed by atoms with Crippen LogP contribution in [0.5, 0.6) is 5.75 Å². The number of hydrogen-bond donors (Lipinski definition) is 2. The van der Waals surface area contributed by atoms with Gasteiger partial charge in [0.1, 0.15) is 11.6 Å². The summed E-state index contributed by atoms with van der Waals surface area (Å²) in [5.74, 6) is -3.77. The Morgan fingerprint density at radius 3 is 2.42 bits per heavy atom. The fourth-order valence-corrected chi connectivity index (χ4v) is 4.10. The maximum absolute atomic E-state index is 15.2. The molecule has 196 valence electrons. The monoisotopic (exact) mass is 515 g/mol. The molecule has 0 aromatic heterocycles. The van der Waals surface area contributed by atoms with Crippen molar-refractivity contribution in [1.29, 1.82) is 0 Å². The van der Waals surface area contributed by atoms with E-state index < -0.39 is 40.2 Å². The SMILES string of the molecule is [CH-]=C(/C=C\[C-]=NC(=[N-])N)c1ccc(F)c(OCCC(/C=C/C)(C(=C)C)C(C)(O)c2ccc(F)cc2)c1F.[Li+]. The average Bonchev–Trinajstić information content (AvgIpc) is 2.82. The van der Waals surface area contributed by atoms with Crippen molar-refractivity contribution in [3.05, 3.63) is 113 Å². The van der Waals surface area contributed by atoms with E-state index in [9.17, 15) is 13.9 Å². The minimum Gasteiger partial charge on any atom is -0.504 e. The molecule has 3 N–H and O–H groups in total. The van der Waals surface area contributed by atoms with E-state index in [-0.39, 0.29) is 43.0 Å². The van der Waals surface area contributed by atoms with E-state index in [2.05, 4.69) is 17.8 Å². The van der Waals surface area contributed by atoms with Crippen molar-refractivity contribution in [2.75, 3.05) is 6.61 Å². The molecular weight excluding hydrogens is 486 g/mol. The van der Waals surface area contributed by atoms with Crippen LogP contribution in [0.4, 0.5) is 13.2 Å². The molecule has 0 saturated heterocycles. The second-order valence-corrected chi connectivity index (χ2v) is 8.56. The molecule has 2 atom stereocenters. The molecule has 0 radical (unpaired) electrons. The van der Waals surface area contributed by atoms with E-state index in [1.54, 1.807) is 32.9 Å². The number of hydrogen-bond acceptors (Lipinski definition) is 2. The number of aliphatic hydroxyl groups is 1. The van der Waals surface area contributed by atoms with Crippen molar-refractivity contribution in [2.24, 2.45) is 16.1 Å². The zero-order chi connectivity index (χ0) is 27.8. The number of nitrogens with two attached hydrogens (primary N) is 1. The van der Waals surface area contributed by atoms with Crippen molar-refractivity contribution in [2.45, 2.75) is 32.8 Å². The van der Waals surface area contributed by atoms with Crippen molar-refractivity contribution < 1.29 is 41.9 Å². The number of nitrogens with zero attached hydrogens (tertiary/aromatic N) is 2. The molecule has 0 aliphatic carbocycles. The van der Waals surface area contributed by atoms with E-state index in [1.807, 2.05) is 0 Å². The third-order valence-electron chi connectivity index (χ3n) is 6.11. The molecule has 0 aliphatic heterocycles. The van der Waals surface area contributed by atoms with E-state index in [4.69, 9.17) is 22.5 Å². The summed E-state index contributed by atoms with van der Waals surface area (Å²) in [7, 11) is 0. The van der Waals surface area contributed by atoms with Gasteiger partial charge in [-0.2, -0.15) is 23.9 Å². The molecule has 2 aromatic rings. The van der Waals surface area contributed by atoms with Gasteiger partial charge in [0.15, 0.2) is 11.6 Å². The molecule has 5 nitrogen and oxygen atoms in total. The Balaban J connectivity index is 0.00000722. The van der Waals surface area contributed by atoms with E-state index >= 15 is 4.39 Å². The van der Waals surface area contributed by atoms with Crippen molar-refractivity contribution >= 4 is 17.7 Å². The molecule has 2 aromatic carbocycles. The fraction of sp³-hybridized carbons (Fsp3) is 0.241. The van der Waals surface area contributed by atoms with Gasteiger partial charge in [0, 0.05) is 5.41 Å². The Morgan fingerprint density at radius 2 is 1.87 bits per heavy atom. The molecule has 0 bridgehead atoms. The number of ether oxygens (including phenoxy) is 1. The predicted octanol–water partition coefficient (Wildman–Crippen LogP) is 3.13. The molecule has 0 fully saturated rings. The molecule has 0 spiro atoms. The summed E-state index contributed by atoms with van der Waals surface area (Å²) >= 11 is 0. The maximum Gasteiger partial charge on any atom is 1.00 e. The average molecular weight is 516 g/mol. The first-order valence-corrected chi connectivity index (χ1v) is 11.3. The molecule has 0 aliphatic rings. The summed E-state index contributed by atoms with van der Waals surface area (Å²) in [6, 6.07) is 7.59. The summed E-state index contributed by atoms with van der Waals surface area (Å²) < 4.78 is 48.7. The standard InChI is InChI=1S/C29H29F3N3O2.Li/c1-6-15-29(19(2)3,28(5,36)21-9-11-22(30)12-10-21)16-18-37-26-24(31)14-13-23(25(26)32)20(4)8-7-17-35-27(33)34;/h4,6-15,36H,2,16,18H2,1,3,5H3,(H2-,33,34);/q-3;+1/b8-7-,15-6+;. The van der Waals surface area contributed by atoms with Crippen LogP contribution in [-0.2, 0) is 5.60 Å². The van der Waals surface area contributed by atoms with Gasteiger partial charge < -0.3 is 26.0 Å². The van der Waals surface area contributed by atoms with Gasteiger partial charge in [-0.15, -0.1) is 6.07 Å². The van der Waals surface area contributed by atoms with Gasteiger partial charge in [-0.25, -0.2) is 19.8 Å². The smallest absolute Gasteiger partial charge is 0.504 e. The number of halogens is 3. The first kappa shape index (κ1) is 32.7. The number of benzene rings is 2. The minimum absolute atomic E-state index is 0. The zero-order valence-corrected chi connectivity index (χ0v) is 21.9. The summed E-state index contributed by atoms with van der Waals surface area (Å²) in [5.41, 5.74) is 3.10. The fourth-order valence-electron chi connectivity index (χ4n) is 4.10. The third kappa shape index (κ3) is 7.38. The van der Waals surface area contributed by atoms with Gasteiger partial charge in [-0.1, -0.05) is 48.0 Å². The van der Waals surface area contributed by atoms with Crippen LogP contribution in [0.2, 0.25) is 0 Å². The Morgan fingerprint density at radius 1 is 1.24 bits per heavy atom. The number of allylic oxidation sites excluding steroid dienone is 4. The second kappa shape index (κ2) is 14.0. The Kier molecular flexibility index (Phi) is 12.1. The summed E-state index contributed by atoms with van der Waals surface area (Å²) in [6.45, 7) is 14.8. The van der Waals surface area contributed by atoms with Crippen LogP contribution in [0.3, 0.4) is 0 Å². The van der Waals surface area contributed by atoms with Crippen LogP contribution >= 0.6 is 0 Å². The van der Waals surface area contributed by atoms with Crippen molar-refractivity contribution in [1.82, 2.24) is 0 Å². The predicted molar refractivity (Wildman–Crippen MR) is 141 cm³/mol. The maximum atomic E-state index is 15.2. The molecular formula is C29H29F3LiN3O2-2. The zero-order valence-electron chi connectivity index (χ0n) is 21.9. The largest absolute Gasteiger partial charge is 1.00 e. The Labute approximate surface area is 234 Å². The van der Waals surface area contributed by atoms with Gasteiger partial charge in [0.05, 0.1) is 12.2 Å². The van der Waals surface area contributed by atoms with Crippen LogP contribution in [-0.4, -0.2) is 23.9 Å². The molecule has 2 rings (SSSR count). The van der Waals surface area contributed by atoms with Crippen molar-refractivity contribution in [3.8, 4) is 5.75 Å². The molecule has 9 heteroatoms. The summed E-state index contributed by atoms with van der Waals surface area (Å²) in [6.07, 6.45) is 8.28. The van der Waals surface area contributed by atoms with E-state index in [0.29, 0.717) is 11.1 Å². The first-order valence-electron chi connectivity index (χ1n) is 11.3. The topological polar surface area (TPSA) is 90.1 Å². The van der Waals surface area contributed by atoms with E-state index in [1.165, 1.54) is 36.4 Å². The van der Waals surface area contributed by atoms with Gasteiger partial charge in [0.2, 0.25) is 0 Å². The summed E-state index contributed by atoms with van der Waals surface area (Å²) in [5, 5.41) is 20.5. The minimum atomic E-state index is -1.56. The number of rotatable bonds is 11. The van der Waals surface area contributed by atoms with Crippen LogP contribution in [0, 0.1) is 29.4 Å². The van der Waals surface area contributed by atoms with Crippen LogP contribution in [0.1, 0.15) is 38.3 Å². The van der Waals surface area contributed by atoms with Crippen molar-refractivity contribution in [3.63, 3.8) is 0 Å². The Bertz CT molecular complexity index is 1250. The molecule has 38 heavy (non-hydrogen) atoms. The molecule has 2 unspecified atom stereocenters. The van der Waals surface area contributed by atoms with Crippen LogP contribution < -0.4 is 29.3 Å². The van der Waals surface area contributed by atoms with Gasteiger partial charge in [-0.05, 0) is 51.0 Å². The number of aliphatic imine (C=N–C) groups is 1. The molecule has 0 saturated carbocycles. The van der Waals surface area contributed by atoms with Gasteiger partial charge in [-0.3, -0.25) is 0 Å². The molecule has 0 amide bonds. The normalized spacial score (nSPS) is 14.7. The quantitative estimate of drug-likeness (QED) is 0.120. The van der Waals surface area contributed by atoms with E-state index in [0.717, 1.165) is 12.1 Å². The van der Waals surface area contributed by atoms with Crippen LogP contribution in [0.25, 0.3) is 11.0 Å². The third-order valence-corrected chi connectivity index (χ3v) is 6.11. The first-order chi connectivity index (χ1) is 17.4. The Hall–Kier alpha value is -3.31. The van der Waals surface area contributed by atoms with Gasteiger partial charge >= 0.3 is 18.9 Å². The summed E-state index contributed by atoms with van der Waals surface area (Å²) in [4.78, 5) is 3.30. The second-order valence-electron chi connectivity index (χ2n) is 8.56. The number of guanidine groups is 1.